The Hall–Kier alpha value is -2.04. The number of hydrogen-bond acceptors (Lipinski definition) is 3. The van der Waals surface area contributed by atoms with E-state index in [1.54, 1.807) is 7.11 Å². The zero-order chi connectivity index (χ0) is 13.3. The number of hydrogen-bond donors (Lipinski definition) is 2. The second-order valence-electron chi connectivity index (χ2n) is 4.44. The molecule has 1 aromatic rings. The Morgan fingerprint density at radius 2 is 1.94 bits per heavy atom. The average Bonchev–Trinajstić information content (AvgIpc) is 2.32. The summed E-state index contributed by atoms with van der Waals surface area (Å²) in [5, 5.41) is 5.24. The molecule has 0 radical (unpaired) electrons. The van der Waals surface area contributed by atoms with E-state index in [1.165, 1.54) is 0 Å². The molecule has 0 bridgehead atoms. The lowest BCUT2D eigenvalue weighted by atomic mass is 9.98. The quantitative estimate of drug-likeness (QED) is 0.753. The first kappa shape index (κ1) is 12.4. The number of ether oxygens (including phenoxy) is 1. The van der Waals surface area contributed by atoms with Crippen LogP contribution in [0.2, 0.25) is 0 Å². The summed E-state index contributed by atoms with van der Waals surface area (Å²) in [4.78, 5) is 22.5. The fourth-order valence-electron chi connectivity index (χ4n) is 2.26. The summed E-state index contributed by atoms with van der Waals surface area (Å²) in [5.41, 5.74) is 3.00. The predicted octanol–water partition coefficient (Wildman–Crippen LogP) is 0.599. The molecule has 1 saturated heterocycles. The molecule has 2 amide bonds. The Morgan fingerprint density at radius 1 is 1.22 bits per heavy atom. The Balaban J connectivity index is 2.38. The number of methoxy groups -OCH3 is 1. The van der Waals surface area contributed by atoms with Gasteiger partial charge < -0.3 is 15.4 Å². The highest BCUT2D eigenvalue weighted by molar-refractivity contribution is 6.35. The molecule has 1 aliphatic rings. The highest BCUT2D eigenvalue weighted by Gasteiger charge is 2.28. The maximum absolute atomic E-state index is 11.4. The number of aryl methyl sites for hydroxylation is 2. The van der Waals surface area contributed by atoms with Crippen molar-refractivity contribution in [3.05, 3.63) is 28.8 Å². The number of benzene rings is 1. The zero-order valence-corrected chi connectivity index (χ0v) is 10.7. The maximum atomic E-state index is 11.4. The van der Waals surface area contributed by atoms with Crippen molar-refractivity contribution in [2.75, 3.05) is 13.7 Å². The van der Waals surface area contributed by atoms with Gasteiger partial charge in [-0.25, -0.2) is 0 Å². The molecule has 0 spiro atoms. The van der Waals surface area contributed by atoms with Gasteiger partial charge in [-0.2, -0.15) is 0 Å². The molecule has 5 heteroatoms. The molecule has 1 aliphatic heterocycles. The van der Waals surface area contributed by atoms with Crippen LogP contribution in [0, 0.1) is 13.8 Å². The van der Waals surface area contributed by atoms with E-state index >= 15 is 0 Å². The fourth-order valence-corrected chi connectivity index (χ4v) is 2.26. The third-order valence-electron chi connectivity index (χ3n) is 3.01. The molecule has 2 N–H and O–H groups in total. The van der Waals surface area contributed by atoms with Crippen LogP contribution < -0.4 is 15.4 Å². The van der Waals surface area contributed by atoms with Crippen LogP contribution in [0.15, 0.2) is 12.1 Å². The summed E-state index contributed by atoms with van der Waals surface area (Å²) >= 11 is 0. The van der Waals surface area contributed by atoms with Crippen LogP contribution in [0.3, 0.4) is 0 Å². The van der Waals surface area contributed by atoms with Crippen molar-refractivity contribution in [2.24, 2.45) is 0 Å². The lowest BCUT2D eigenvalue weighted by molar-refractivity contribution is -0.141. The van der Waals surface area contributed by atoms with Crippen molar-refractivity contribution in [2.45, 2.75) is 19.9 Å². The lowest BCUT2D eigenvalue weighted by Crippen LogP contribution is -2.51. The normalized spacial score (nSPS) is 19.2. The molecule has 0 aromatic heterocycles. The van der Waals surface area contributed by atoms with Crippen LogP contribution in [0.5, 0.6) is 5.75 Å². The Bertz CT molecular complexity index is 511. The van der Waals surface area contributed by atoms with Crippen LogP contribution in [0.4, 0.5) is 0 Å². The molecule has 18 heavy (non-hydrogen) atoms. The summed E-state index contributed by atoms with van der Waals surface area (Å²) in [5.74, 6) is -0.441. The second kappa shape index (κ2) is 4.68. The van der Waals surface area contributed by atoms with Crippen molar-refractivity contribution >= 4 is 11.8 Å². The number of rotatable bonds is 2. The minimum atomic E-state index is -0.604. The van der Waals surface area contributed by atoms with Crippen molar-refractivity contribution in [3.8, 4) is 5.75 Å². The molecular weight excluding hydrogens is 232 g/mol. The smallest absolute Gasteiger partial charge is 0.309 e. The molecule has 1 unspecified atom stereocenters. The van der Waals surface area contributed by atoms with Crippen LogP contribution in [-0.4, -0.2) is 25.5 Å². The summed E-state index contributed by atoms with van der Waals surface area (Å²) in [6.07, 6.45) is 0. The van der Waals surface area contributed by atoms with Gasteiger partial charge in [0.2, 0.25) is 0 Å². The summed E-state index contributed by atoms with van der Waals surface area (Å²) in [7, 11) is 1.60. The van der Waals surface area contributed by atoms with Gasteiger partial charge in [-0.15, -0.1) is 0 Å². The van der Waals surface area contributed by atoms with Crippen molar-refractivity contribution < 1.29 is 14.3 Å². The first-order valence-corrected chi connectivity index (χ1v) is 5.76. The highest BCUT2D eigenvalue weighted by atomic mass is 16.5. The minimum Gasteiger partial charge on any atom is -0.496 e. The van der Waals surface area contributed by atoms with Crippen LogP contribution in [-0.2, 0) is 9.59 Å². The molecule has 96 valence electrons. The third kappa shape index (κ3) is 2.16. The second-order valence-corrected chi connectivity index (χ2v) is 4.44. The standard InChI is InChI=1S/C13H16N2O3/c1-7-4-8(2)11(18-3)9(5-7)10-6-14-12(16)13(17)15-10/h4-5,10H,6H2,1-3H3,(H,14,16)(H,15,17). The SMILES string of the molecule is COc1c(C)cc(C)cc1C1CNC(=O)C(=O)N1. The van der Waals surface area contributed by atoms with E-state index in [2.05, 4.69) is 10.6 Å². The molecule has 5 nitrogen and oxygen atoms in total. The number of carbonyl (C=O) groups is 2. The van der Waals surface area contributed by atoms with Gasteiger partial charge >= 0.3 is 11.8 Å². The molecule has 1 fully saturated rings. The summed E-state index contributed by atoms with van der Waals surface area (Å²) < 4.78 is 5.38. The number of nitrogens with one attached hydrogen (secondary N) is 2. The number of piperazine rings is 1. The van der Waals surface area contributed by atoms with E-state index in [-0.39, 0.29) is 6.04 Å². The van der Waals surface area contributed by atoms with Crippen LogP contribution in [0.1, 0.15) is 22.7 Å². The third-order valence-corrected chi connectivity index (χ3v) is 3.01. The van der Waals surface area contributed by atoms with Gasteiger partial charge in [0.05, 0.1) is 13.2 Å². The van der Waals surface area contributed by atoms with E-state index in [0.717, 1.165) is 22.4 Å². The maximum Gasteiger partial charge on any atom is 0.309 e. The van der Waals surface area contributed by atoms with E-state index < -0.39 is 11.8 Å². The first-order chi connectivity index (χ1) is 8.52. The van der Waals surface area contributed by atoms with Gasteiger partial charge in [0, 0.05) is 12.1 Å². The van der Waals surface area contributed by atoms with Crippen molar-refractivity contribution in [3.63, 3.8) is 0 Å². The van der Waals surface area contributed by atoms with Crippen LogP contribution in [0.25, 0.3) is 0 Å². The van der Waals surface area contributed by atoms with E-state index in [9.17, 15) is 9.59 Å². The minimum absolute atomic E-state index is 0.247. The monoisotopic (exact) mass is 248 g/mol. The highest BCUT2D eigenvalue weighted by Crippen LogP contribution is 2.30. The topological polar surface area (TPSA) is 67.4 Å². The molecule has 2 rings (SSSR count). The lowest BCUT2D eigenvalue weighted by Gasteiger charge is -2.26. The van der Waals surface area contributed by atoms with Gasteiger partial charge in [0.25, 0.3) is 0 Å². The predicted molar refractivity (Wildman–Crippen MR) is 66.4 cm³/mol. The van der Waals surface area contributed by atoms with Gasteiger partial charge in [0.1, 0.15) is 5.75 Å². The first-order valence-electron chi connectivity index (χ1n) is 5.76. The summed E-state index contributed by atoms with van der Waals surface area (Å²) in [6, 6.07) is 3.74. The van der Waals surface area contributed by atoms with E-state index in [0.29, 0.717) is 6.54 Å². The molecule has 0 aliphatic carbocycles. The van der Waals surface area contributed by atoms with Gasteiger partial charge in [-0.3, -0.25) is 9.59 Å². The van der Waals surface area contributed by atoms with Gasteiger partial charge in [-0.1, -0.05) is 17.7 Å². The Labute approximate surface area is 106 Å². The number of carbonyl (C=O) groups excluding carboxylic acids is 2. The largest absolute Gasteiger partial charge is 0.496 e. The number of amides is 2. The average molecular weight is 248 g/mol. The molecule has 1 atom stereocenters. The summed E-state index contributed by atoms with van der Waals surface area (Å²) in [6.45, 7) is 4.32. The fraction of sp³-hybridized carbons (Fsp3) is 0.385. The van der Waals surface area contributed by atoms with Gasteiger partial charge in [0.15, 0.2) is 0 Å². The van der Waals surface area contributed by atoms with Crippen LogP contribution >= 0.6 is 0 Å². The molecule has 1 heterocycles. The molecular formula is C13H16N2O3. The van der Waals surface area contributed by atoms with Crippen molar-refractivity contribution in [1.29, 1.82) is 0 Å². The molecule has 0 saturated carbocycles. The van der Waals surface area contributed by atoms with Crippen molar-refractivity contribution in [1.82, 2.24) is 10.6 Å². The van der Waals surface area contributed by atoms with E-state index in [4.69, 9.17) is 4.74 Å². The van der Waals surface area contributed by atoms with E-state index in [1.807, 2.05) is 26.0 Å². The zero-order valence-electron chi connectivity index (χ0n) is 10.7. The molecule has 1 aromatic carbocycles. The Kier molecular flexibility index (Phi) is 3.23. The Morgan fingerprint density at radius 3 is 2.56 bits per heavy atom. The van der Waals surface area contributed by atoms with Gasteiger partial charge in [-0.05, 0) is 19.4 Å².